The maximum Gasteiger partial charge on any atom is 0.262 e. The standard InChI is InChI=1S/C22H27N5O2S/c1-29-18-5-3-2-4-17(18)26-11-8-25(9-12-26)10-13-27-15-24-21-20(22(27)28)16-6-7-23-14-19(16)30-21/h2-5,15,23H,6-14H2,1H3. The van der Waals surface area contributed by atoms with Crippen LogP contribution in [-0.4, -0.2) is 60.8 Å². The van der Waals surface area contributed by atoms with Crippen molar-refractivity contribution in [3.05, 3.63) is 51.4 Å². The molecule has 1 fully saturated rings. The van der Waals surface area contributed by atoms with Gasteiger partial charge in [-0.25, -0.2) is 4.98 Å². The first-order valence-corrected chi connectivity index (χ1v) is 11.4. The van der Waals surface area contributed by atoms with Crippen molar-refractivity contribution in [2.24, 2.45) is 0 Å². The third kappa shape index (κ3) is 3.59. The summed E-state index contributed by atoms with van der Waals surface area (Å²) >= 11 is 1.66. The summed E-state index contributed by atoms with van der Waals surface area (Å²) in [5.74, 6) is 0.922. The van der Waals surface area contributed by atoms with E-state index in [0.717, 1.165) is 73.9 Å². The van der Waals surface area contributed by atoms with Crippen LogP contribution >= 0.6 is 11.3 Å². The molecule has 0 unspecified atom stereocenters. The van der Waals surface area contributed by atoms with Gasteiger partial charge in [0.05, 0.1) is 24.5 Å². The molecular formula is C22H27N5O2S. The molecule has 2 aliphatic heterocycles. The average Bonchev–Trinajstić information content (AvgIpc) is 3.18. The number of hydrogen-bond acceptors (Lipinski definition) is 7. The SMILES string of the molecule is COc1ccccc1N1CCN(CCn2cnc3sc4c(c3c2=O)CCNC4)CC1. The van der Waals surface area contributed by atoms with E-state index < -0.39 is 0 Å². The molecule has 0 aliphatic carbocycles. The molecule has 2 aromatic heterocycles. The lowest BCUT2D eigenvalue weighted by atomic mass is 10.1. The second kappa shape index (κ2) is 8.37. The van der Waals surface area contributed by atoms with Crippen molar-refractivity contribution in [1.82, 2.24) is 19.8 Å². The molecule has 2 aliphatic rings. The van der Waals surface area contributed by atoms with E-state index in [0.29, 0.717) is 6.54 Å². The van der Waals surface area contributed by atoms with Gasteiger partial charge in [-0.3, -0.25) is 14.3 Å². The smallest absolute Gasteiger partial charge is 0.262 e. The highest BCUT2D eigenvalue weighted by molar-refractivity contribution is 7.18. The Labute approximate surface area is 179 Å². The van der Waals surface area contributed by atoms with Crippen LogP contribution in [0.2, 0.25) is 0 Å². The maximum atomic E-state index is 13.1. The molecule has 1 aromatic carbocycles. The number of thiophene rings is 1. The van der Waals surface area contributed by atoms with Gasteiger partial charge in [0.2, 0.25) is 0 Å². The fraction of sp³-hybridized carbons (Fsp3) is 0.455. The van der Waals surface area contributed by atoms with Crippen molar-refractivity contribution in [3.63, 3.8) is 0 Å². The van der Waals surface area contributed by atoms with Crippen LogP contribution in [0.1, 0.15) is 10.4 Å². The molecular weight excluding hydrogens is 398 g/mol. The minimum Gasteiger partial charge on any atom is -0.495 e. The first kappa shape index (κ1) is 19.5. The van der Waals surface area contributed by atoms with Crippen LogP contribution in [0.4, 0.5) is 5.69 Å². The normalized spacial score (nSPS) is 17.3. The van der Waals surface area contributed by atoms with Crippen molar-refractivity contribution in [2.75, 3.05) is 51.3 Å². The van der Waals surface area contributed by atoms with Crippen molar-refractivity contribution in [2.45, 2.75) is 19.5 Å². The number of nitrogens with one attached hydrogen (secondary N) is 1. The van der Waals surface area contributed by atoms with Gasteiger partial charge in [-0.2, -0.15) is 0 Å². The van der Waals surface area contributed by atoms with E-state index >= 15 is 0 Å². The van der Waals surface area contributed by atoms with Crippen LogP contribution in [0.3, 0.4) is 0 Å². The number of ether oxygens (including phenoxy) is 1. The van der Waals surface area contributed by atoms with Gasteiger partial charge in [0, 0.05) is 50.7 Å². The Morgan fingerprint density at radius 2 is 2.00 bits per heavy atom. The van der Waals surface area contributed by atoms with Crippen LogP contribution < -0.4 is 20.5 Å². The number of rotatable bonds is 5. The van der Waals surface area contributed by atoms with E-state index in [1.54, 1.807) is 29.3 Å². The third-order valence-electron chi connectivity index (χ3n) is 6.15. The van der Waals surface area contributed by atoms with Gasteiger partial charge in [-0.1, -0.05) is 12.1 Å². The molecule has 0 bridgehead atoms. The summed E-state index contributed by atoms with van der Waals surface area (Å²) in [6.45, 7) is 7.19. The zero-order valence-corrected chi connectivity index (χ0v) is 18.1. The second-order valence-electron chi connectivity index (χ2n) is 7.85. The summed E-state index contributed by atoms with van der Waals surface area (Å²) in [5, 5.41) is 4.23. The minimum atomic E-state index is 0.118. The van der Waals surface area contributed by atoms with E-state index in [4.69, 9.17) is 4.74 Å². The van der Waals surface area contributed by atoms with Gasteiger partial charge in [-0.15, -0.1) is 11.3 Å². The first-order valence-electron chi connectivity index (χ1n) is 10.6. The van der Waals surface area contributed by atoms with Gasteiger partial charge in [0.15, 0.2) is 0 Å². The summed E-state index contributed by atoms with van der Waals surface area (Å²) < 4.78 is 7.30. The predicted octanol–water partition coefficient (Wildman–Crippen LogP) is 1.93. The van der Waals surface area contributed by atoms with Crippen molar-refractivity contribution in [1.29, 1.82) is 0 Å². The van der Waals surface area contributed by atoms with Crippen LogP contribution in [0.5, 0.6) is 5.75 Å². The Balaban J connectivity index is 1.25. The molecule has 0 amide bonds. The minimum absolute atomic E-state index is 0.118. The van der Waals surface area contributed by atoms with Gasteiger partial charge >= 0.3 is 0 Å². The van der Waals surface area contributed by atoms with Crippen LogP contribution in [0.15, 0.2) is 35.4 Å². The highest BCUT2D eigenvalue weighted by atomic mass is 32.1. The predicted molar refractivity (Wildman–Crippen MR) is 121 cm³/mol. The van der Waals surface area contributed by atoms with Crippen molar-refractivity contribution >= 4 is 27.2 Å². The quantitative estimate of drug-likeness (QED) is 0.674. The molecule has 4 heterocycles. The van der Waals surface area contributed by atoms with E-state index in [-0.39, 0.29) is 5.56 Å². The zero-order chi connectivity index (χ0) is 20.5. The molecule has 7 nitrogen and oxygen atoms in total. The molecule has 0 spiro atoms. The largest absolute Gasteiger partial charge is 0.495 e. The highest BCUT2D eigenvalue weighted by Gasteiger charge is 2.21. The number of piperazine rings is 1. The van der Waals surface area contributed by atoms with Crippen molar-refractivity contribution in [3.8, 4) is 5.75 Å². The summed E-state index contributed by atoms with van der Waals surface area (Å²) in [6, 6.07) is 8.18. The van der Waals surface area contributed by atoms with E-state index in [1.807, 2.05) is 12.1 Å². The molecule has 1 N–H and O–H groups in total. The molecule has 0 atom stereocenters. The average molecular weight is 426 g/mol. The second-order valence-corrected chi connectivity index (χ2v) is 8.94. The molecule has 3 aromatic rings. The van der Waals surface area contributed by atoms with E-state index in [9.17, 15) is 4.79 Å². The number of hydrogen-bond donors (Lipinski definition) is 1. The lowest BCUT2D eigenvalue weighted by molar-refractivity contribution is 0.246. The lowest BCUT2D eigenvalue weighted by Gasteiger charge is -2.36. The molecule has 1 saturated heterocycles. The molecule has 5 rings (SSSR count). The zero-order valence-electron chi connectivity index (χ0n) is 17.3. The van der Waals surface area contributed by atoms with Gasteiger partial charge in [-0.05, 0) is 30.7 Å². The molecule has 0 saturated carbocycles. The van der Waals surface area contributed by atoms with E-state index in [2.05, 4.69) is 32.2 Å². The van der Waals surface area contributed by atoms with E-state index in [1.165, 1.54) is 10.4 Å². The van der Waals surface area contributed by atoms with Crippen LogP contribution in [-0.2, 0) is 19.5 Å². The van der Waals surface area contributed by atoms with Gasteiger partial charge in [0.1, 0.15) is 10.6 Å². The van der Waals surface area contributed by atoms with Crippen molar-refractivity contribution < 1.29 is 4.74 Å². The van der Waals surface area contributed by atoms with Gasteiger partial charge < -0.3 is 15.0 Å². The Morgan fingerprint density at radius 1 is 1.17 bits per heavy atom. The number of nitrogens with zero attached hydrogens (tertiary/aromatic N) is 4. The molecule has 30 heavy (non-hydrogen) atoms. The molecule has 0 radical (unpaired) electrons. The summed E-state index contributed by atoms with van der Waals surface area (Å²) in [7, 11) is 1.72. The fourth-order valence-electron chi connectivity index (χ4n) is 4.46. The number of benzene rings is 1. The Hall–Kier alpha value is -2.42. The third-order valence-corrected chi connectivity index (χ3v) is 7.29. The van der Waals surface area contributed by atoms with Gasteiger partial charge in [0.25, 0.3) is 5.56 Å². The molecule has 8 heteroatoms. The highest BCUT2D eigenvalue weighted by Crippen LogP contribution is 2.30. The number of fused-ring (bicyclic) bond motifs is 3. The summed E-state index contributed by atoms with van der Waals surface area (Å²) in [4.78, 5) is 24.7. The Morgan fingerprint density at radius 3 is 2.83 bits per heavy atom. The Kier molecular flexibility index (Phi) is 5.45. The number of para-hydroxylation sites is 2. The number of aromatic nitrogens is 2. The van der Waals surface area contributed by atoms with Crippen LogP contribution in [0, 0.1) is 0 Å². The summed E-state index contributed by atoms with van der Waals surface area (Å²) in [6.07, 6.45) is 2.65. The fourth-order valence-corrected chi connectivity index (χ4v) is 5.61. The number of methoxy groups -OCH3 is 1. The maximum absolute atomic E-state index is 13.1. The van der Waals surface area contributed by atoms with Crippen LogP contribution in [0.25, 0.3) is 10.2 Å². The Bertz CT molecular complexity index is 1100. The lowest BCUT2D eigenvalue weighted by Crippen LogP contribution is -2.47. The molecule has 158 valence electrons. The topological polar surface area (TPSA) is 62.6 Å². The monoisotopic (exact) mass is 425 g/mol. The number of anilines is 1. The first-order chi connectivity index (χ1) is 14.7. The summed E-state index contributed by atoms with van der Waals surface area (Å²) in [5.41, 5.74) is 2.49.